The van der Waals surface area contributed by atoms with E-state index in [2.05, 4.69) is 11.1 Å². The van der Waals surface area contributed by atoms with Crippen LogP contribution in [0.4, 0.5) is 5.69 Å². The van der Waals surface area contributed by atoms with Gasteiger partial charge in [0.05, 0.1) is 11.3 Å². The maximum Gasteiger partial charge on any atom is 0.259 e. The molecule has 1 aliphatic heterocycles. The molecule has 4 heteroatoms. The van der Waals surface area contributed by atoms with Crippen LogP contribution in [0.5, 0.6) is 0 Å². The van der Waals surface area contributed by atoms with Gasteiger partial charge in [-0.15, -0.1) is 0 Å². The van der Waals surface area contributed by atoms with Gasteiger partial charge < -0.3 is 4.90 Å². The second-order valence-electron chi connectivity index (χ2n) is 5.01. The fourth-order valence-corrected chi connectivity index (χ4v) is 2.82. The molecule has 0 fully saturated rings. The van der Waals surface area contributed by atoms with Gasteiger partial charge in [0.1, 0.15) is 5.15 Å². The van der Waals surface area contributed by atoms with Crippen molar-refractivity contribution < 1.29 is 4.79 Å². The zero-order chi connectivity index (χ0) is 14.1. The Labute approximate surface area is 123 Å². The number of carbonyl (C=O) groups is 1. The number of pyridine rings is 1. The Kier molecular flexibility index (Phi) is 3.45. The van der Waals surface area contributed by atoms with Crippen LogP contribution >= 0.6 is 11.6 Å². The Balaban J connectivity index is 2.00. The van der Waals surface area contributed by atoms with Crippen molar-refractivity contribution >= 4 is 23.2 Å². The summed E-state index contributed by atoms with van der Waals surface area (Å²) >= 11 is 5.77. The Morgan fingerprint density at radius 2 is 2.15 bits per heavy atom. The number of benzene rings is 1. The first kappa shape index (κ1) is 13.1. The number of amides is 1. The number of carbonyl (C=O) groups excluding carboxylic acids is 1. The number of halogens is 1. The number of aromatic nitrogens is 1. The van der Waals surface area contributed by atoms with Gasteiger partial charge in [-0.05, 0) is 43.0 Å². The fraction of sp³-hybridized carbons (Fsp3) is 0.250. The first-order chi connectivity index (χ1) is 9.66. The van der Waals surface area contributed by atoms with E-state index >= 15 is 0 Å². The molecule has 20 heavy (non-hydrogen) atoms. The molecule has 3 rings (SSSR count). The molecule has 102 valence electrons. The second-order valence-corrected chi connectivity index (χ2v) is 5.40. The van der Waals surface area contributed by atoms with Crippen molar-refractivity contribution in [3.63, 3.8) is 0 Å². The van der Waals surface area contributed by atoms with Gasteiger partial charge in [-0.3, -0.25) is 4.79 Å². The standard InChI is InChI=1S/C16H15ClN2O/c1-11-4-2-5-12-6-3-9-19(15(11)12)16(20)13-7-8-14(17)18-10-13/h2,4-5,7-8,10H,3,6,9H2,1H3. The lowest BCUT2D eigenvalue weighted by Gasteiger charge is -2.31. The van der Waals surface area contributed by atoms with Gasteiger partial charge in [0.2, 0.25) is 0 Å². The topological polar surface area (TPSA) is 33.2 Å². The molecule has 2 aromatic rings. The van der Waals surface area contributed by atoms with Crippen LogP contribution in [-0.4, -0.2) is 17.4 Å². The van der Waals surface area contributed by atoms with Crippen LogP contribution < -0.4 is 4.90 Å². The van der Waals surface area contributed by atoms with E-state index in [1.54, 1.807) is 12.1 Å². The molecule has 0 N–H and O–H groups in total. The van der Waals surface area contributed by atoms with E-state index in [0.717, 1.165) is 30.6 Å². The molecule has 2 heterocycles. The third kappa shape index (κ3) is 2.29. The van der Waals surface area contributed by atoms with Crippen molar-refractivity contribution in [1.29, 1.82) is 0 Å². The van der Waals surface area contributed by atoms with E-state index in [4.69, 9.17) is 11.6 Å². The Morgan fingerprint density at radius 1 is 1.30 bits per heavy atom. The number of anilines is 1. The van der Waals surface area contributed by atoms with Gasteiger partial charge in [0.25, 0.3) is 5.91 Å². The highest BCUT2D eigenvalue weighted by molar-refractivity contribution is 6.29. The quantitative estimate of drug-likeness (QED) is 0.750. The van der Waals surface area contributed by atoms with Gasteiger partial charge in [0.15, 0.2) is 0 Å². The Morgan fingerprint density at radius 3 is 2.90 bits per heavy atom. The lowest BCUT2D eigenvalue weighted by Crippen LogP contribution is -2.36. The van der Waals surface area contributed by atoms with E-state index < -0.39 is 0 Å². The number of rotatable bonds is 1. The van der Waals surface area contributed by atoms with Crippen LogP contribution in [0, 0.1) is 6.92 Å². The number of fused-ring (bicyclic) bond motifs is 1. The molecular weight excluding hydrogens is 272 g/mol. The van der Waals surface area contributed by atoms with Gasteiger partial charge >= 0.3 is 0 Å². The summed E-state index contributed by atoms with van der Waals surface area (Å²) in [5.74, 6) is -0.00980. The average Bonchev–Trinajstić information content (AvgIpc) is 2.47. The zero-order valence-electron chi connectivity index (χ0n) is 11.3. The minimum absolute atomic E-state index is 0.00980. The SMILES string of the molecule is Cc1cccc2c1N(C(=O)c1ccc(Cl)nc1)CCC2. The first-order valence-corrected chi connectivity index (χ1v) is 7.06. The molecule has 3 nitrogen and oxygen atoms in total. The van der Waals surface area contributed by atoms with Crippen molar-refractivity contribution in [3.05, 3.63) is 58.4 Å². The summed E-state index contributed by atoms with van der Waals surface area (Å²) in [6.45, 7) is 2.80. The van der Waals surface area contributed by atoms with Gasteiger partial charge in [-0.1, -0.05) is 29.8 Å². The Bertz CT molecular complexity index is 652. The highest BCUT2D eigenvalue weighted by Crippen LogP contribution is 2.31. The number of aryl methyl sites for hydroxylation is 2. The highest BCUT2D eigenvalue weighted by atomic mass is 35.5. The molecule has 0 saturated carbocycles. The van der Waals surface area contributed by atoms with Crippen LogP contribution in [0.1, 0.15) is 27.9 Å². The van der Waals surface area contributed by atoms with Crippen LogP contribution in [0.15, 0.2) is 36.5 Å². The fourth-order valence-electron chi connectivity index (χ4n) is 2.71. The summed E-state index contributed by atoms with van der Waals surface area (Å²) < 4.78 is 0. The molecule has 0 atom stereocenters. The van der Waals surface area contributed by atoms with Crippen molar-refractivity contribution in [1.82, 2.24) is 4.98 Å². The van der Waals surface area contributed by atoms with Crippen LogP contribution in [-0.2, 0) is 6.42 Å². The molecular formula is C16H15ClN2O. The zero-order valence-corrected chi connectivity index (χ0v) is 12.0. The molecule has 0 bridgehead atoms. The summed E-state index contributed by atoms with van der Waals surface area (Å²) in [6, 6.07) is 9.57. The maximum atomic E-state index is 12.7. The van der Waals surface area contributed by atoms with Gasteiger partial charge in [0, 0.05) is 12.7 Å². The summed E-state index contributed by atoms with van der Waals surface area (Å²) in [7, 11) is 0. The van der Waals surface area contributed by atoms with Crippen LogP contribution in [0.2, 0.25) is 5.15 Å². The van der Waals surface area contributed by atoms with Crippen molar-refractivity contribution in [2.75, 3.05) is 11.4 Å². The summed E-state index contributed by atoms with van der Waals surface area (Å²) in [5, 5.41) is 0.400. The molecule has 0 radical (unpaired) electrons. The molecule has 1 amide bonds. The predicted octanol–water partition coefficient (Wildman–Crippen LogP) is 3.64. The van der Waals surface area contributed by atoms with E-state index in [1.807, 2.05) is 24.0 Å². The van der Waals surface area contributed by atoms with Crippen molar-refractivity contribution in [2.45, 2.75) is 19.8 Å². The minimum Gasteiger partial charge on any atom is -0.308 e. The van der Waals surface area contributed by atoms with E-state index in [9.17, 15) is 4.79 Å². The number of hydrogen-bond acceptors (Lipinski definition) is 2. The molecule has 0 aliphatic carbocycles. The summed E-state index contributed by atoms with van der Waals surface area (Å²) in [4.78, 5) is 18.5. The van der Waals surface area contributed by atoms with Crippen molar-refractivity contribution in [3.8, 4) is 0 Å². The van der Waals surface area contributed by atoms with Crippen LogP contribution in [0.25, 0.3) is 0 Å². The van der Waals surface area contributed by atoms with E-state index in [1.165, 1.54) is 11.8 Å². The maximum absolute atomic E-state index is 12.7. The molecule has 1 aromatic carbocycles. The summed E-state index contributed by atoms with van der Waals surface area (Å²) in [5.41, 5.74) is 4.01. The number of hydrogen-bond donors (Lipinski definition) is 0. The van der Waals surface area contributed by atoms with E-state index in [0.29, 0.717) is 10.7 Å². The Hall–Kier alpha value is -1.87. The number of para-hydroxylation sites is 1. The van der Waals surface area contributed by atoms with Gasteiger partial charge in [-0.25, -0.2) is 4.98 Å². The first-order valence-electron chi connectivity index (χ1n) is 6.69. The molecule has 1 aromatic heterocycles. The third-order valence-electron chi connectivity index (χ3n) is 3.64. The minimum atomic E-state index is -0.00980. The average molecular weight is 287 g/mol. The van der Waals surface area contributed by atoms with Gasteiger partial charge in [-0.2, -0.15) is 0 Å². The lowest BCUT2D eigenvalue weighted by atomic mass is 9.97. The second kappa shape index (κ2) is 5.25. The normalized spacial score (nSPS) is 14.0. The van der Waals surface area contributed by atoms with Crippen LogP contribution in [0.3, 0.4) is 0 Å². The van der Waals surface area contributed by atoms with E-state index in [-0.39, 0.29) is 5.91 Å². The third-order valence-corrected chi connectivity index (χ3v) is 3.86. The highest BCUT2D eigenvalue weighted by Gasteiger charge is 2.25. The molecule has 0 spiro atoms. The smallest absolute Gasteiger partial charge is 0.259 e. The lowest BCUT2D eigenvalue weighted by molar-refractivity contribution is 0.0984. The summed E-state index contributed by atoms with van der Waals surface area (Å²) in [6.07, 6.45) is 3.56. The molecule has 0 saturated heterocycles. The van der Waals surface area contributed by atoms with Crippen molar-refractivity contribution in [2.24, 2.45) is 0 Å². The molecule has 0 unspecified atom stereocenters. The number of nitrogens with zero attached hydrogens (tertiary/aromatic N) is 2. The monoisotopic (exact) mass is 286 g/mol. The predicted molar refractivity (Wildman–Crippen MR) is 80.4 cm³/mol. The largest absolute Gasteiger partial charge is 0.308 e. The molecule has 1 aliphatic rings.